The molecule has 3 heteroatoms. The normalized spacial score (nSPS) is 19.4. The highest BCUT2D eigenvalue weighted by Gasteiger charge is 2.19. The summed E-state index contributed by atoms with van der Waals surface area (Å²) in [5.41, 5.74) is 2.54. The Labute approximate surface area is 89.4 Å². The number of hydrogen-bond donors (Lipinski definition) is 1. The third-order valence-corrected chi connectivity index (χ3v) is 2.63. The van der Waals surface area contributed by atoms with Crippen LogP contribution in [0.3, 0.4) is 0 Å². The van der Waals surface area contributed by atoms with Crippen molar-refractivity contribution < 1.29 is 9.53 Å². The molecule has 1 N–H and O–H groups in total. The van der Waals surface area contributed by atoms with Crippen LogP contribution in [0, 0.1) is 0 Å². The Morgan fingerprint density at radius 3 is 3.13 bits per heavy atom. The fourth-order valence-electron chi connectivity index (χ4n) is 1.88. The van der Waals surface area contributed by atoms with Crippen molar-refractivity contribution in [2.24, 2.45) is 0 Å². The van der Waals surface area contributed by atoms with Crippen molar-refractivity contribution in [1.82, 2.24) is 5.32 Å². The summed E-state index contributed by atoms with van der Waals surface area (Å²) in [4.78, 5) is 10.8. The highest BCUT2D eigenvalue weighted by Crippen LogP contribution is 2.25. The van der Waals surface area contributed by atoms with Crippen molar-refractivity contribution in [3.8, 4) is 0 Å². The van der Waals surface area contributed by atoms with E-state index >= 15 is 0 Å². The molecule has 80 valence electrons. The van der Waals surface area contributed by atoms with Crippen LogP contribution < -0.4 is 5.32 Å². The summed E-state index contributed by atoms with van der Waals surface area (Å²) >= 11 is 0. The monoisotopic (exact) mass is 205 g/mol. The lowest BCUT2D eigenvalue weighted by Gasteiger charge is -2.26. The van der Waals surface area contributed by atoms with Crippen molar-refractivity contribution >= 4 is 5.91 Å². The molecule has 1 aromatic rings. The van der Waals surface area contributed by atoms with Crippen molar-refractivity contribution in [3.05, 3.63) is 35.4 Å². The second-order valence-electron chi connectivity index (χ2n) is 3.75. The van der Waals surface area contributed by atoms with E-state index in [0.29, 0.717) is 6.54 Å². The lowest BCUT2D eigenvalue weighted by molar-refractivity contribution is -0.119. The summed E-state index contributed by atoms with van der Waals surface area (Å²) in [5, 5.41) is 2.79. The van der Waals surface area contributed by atoms with Gasteiger partial charge in [-0.1, -0.05) is 24.3 Å². The molecule has 0 saturated heterocycles. The Morgan fingerprint density at radius 1 is 1.53 bits per heavy atom. The number of amides is 1. The smallest absolute Gasteiger partial charge is 0.216 e. The van der Waals surface area contributed by atoms with E-state index in [1.54, 1.807) is 0 Å². The van der Waals surface area contributed by atoms with Crippen LogP contribution in [-0.4, -0.2) is 19.1 Å². The van der Waals surface area contributed by atoms with E-state index in [2.05, 4.69) is 17.4 Å². The molecule has 0 spiro atoms. The van der Waals surface area contributed by atoms with Gasteiger partial charge in [0.1, 0.15) is 6.10 Å². The zero-order chi connectivity index (χ0) is 10.7. The first kappa shape index (κ1) is 10.2. The molecule has 0 unspecified atom stereocenters. The molecule has 0 bridgehead atoms. The molecule has 1 amide bonds. The lowest BCUT2D eigenvalue weighted by atomic mass is 9.97. The summed E-state index contributed by atoms with van der Waals surface area (Å²) in [6, 6.07) is 8.24. The van der Waals surface area contributed by atoms with Crippen LogP contribution in [0.5, 0.6) is 0 Å². The molecule has 1 aromatic carbocycles. The van der Waals surface area contributed by atoms with Gasteiger partial charge in [-0.3, -0.25) is 4.79 Å². The van der Waals surface area contributed by atoms with Gasteiger partial charge in [0.2, 0.25) is 5.91 Å². The molecule has 3 nitrogen and oxygen atoms in total. The topological polar surface area (TPSA) is 38.3 Å². The molecule has 2 rings (SSSR count). The zero-order valence-electron chi connectivity index (χ0n) is 8.82. The minimum Gasteiger partial charge on any atom is -0.371 e. The van der Waals surface area contributed by atoms with Crippen LogP contribution in [0.2, 0.25) is 0 Å². The fourth-order valence-corrected chi connectivity index (χ4v) is 1.88. The van der Waals surface area contributed by atoms with Crippen molar-refractivity contribution in [1.29, 1.82) is 0 Å². The largest absolute Gasteiger partial charge is 0.371 e. The first-order chi connectivity index (χ1) is 7.27. The van der Waals surface area contributed by atoms with Gasteiger partial charge in [0.25, 0.3) is 0 Å². The van der Waals surface area contributed by atoms with Crippen LogP contribution in [0.1, 0.15) is 24.2 Å². The van der Waals surface area contributed by atoms with Crippen molar-refractivity contribution in [2.45, 2.75) is 19.4 Å². The fraction of sp³-hybridized carbons (Fsp3) is 0.417. The van der Waals surface area contributed by atoms with Gasteiger partial charge in [0, 0.05) is 13.5 Å². The van der Waals surface area contributed by atoms with E-state index in [4.69, 9.17) is 4.74 Å². The van der Waals surface area contributed by atoms with Gasteiger partial charge in [-0.05, 0) is 17.5 Å². The van der Waals surface area contributed by atoms with E-state index in [1.165, 1.54) is 18.1 Å². The predicted octanol–water partition coefficient (Wildman–Crippen LogP) is 1.44. The summed E-state index contributed by atoms with van der Waals surface area (Å²) < 4.78 is 5.64. The number of hydrogen-bond acceptors (Lipinski definition) is 2. The summed E-state index contributed by atoms with van der Waals surface area (Å²) in [6.45, 7) is 2.82. The second kappa shape index (κ2) is 4.45. The molecule has 0 radical (unpaired) electrons. The van der Waals surface area contributed by atoms with E-state index in [9.17, 15) is 4.79 Å². The molecule has 1 aliphatic rings. The maximum atomic E-state index is 10.8. The number of fused-ring (bicyclic) bond motifs is 1. The number of carbonyl (C=O) groups excluding carboxylic acids is 1. The summed E-state index contributed by atoms with van der Waals surface area (Å²) in [5.74, 6) is -0.0124. The van der Waals surface area contributed by atoms with Gasteiger partial charge in [0.05, 0.1) is 6.61 Å². The molecule has 0 saturated carbocycles. The van der Waals surface area contributed by atoms with E-state index in [0.717, 1.165) is 13.0 Å². The highest BCUT2D eigenvalue weighted by atomic mass is 16.5. The Morgan fingerprint density at radius 2 is 2.33 bits per heavy atom. The number of ether oxygens (including phenoxy) is 1. The number of nitrogens with one attached hydrogen (secondary N) is 1. The average Bonchev–Trinajstić information content (AvgIpc) is 2.26. The van der Waals surface area contributed by atoms with Gasteiger partial charge in [-0.2, -0.15) is 0 Å². The molecule has 0 aliphatic carbocycles. The second-order valence-corrected chi connectivity index (χ2v) is 3.75. The molecule has 1 heterocycles. The molecule has 1 aliphatic heterocycles. The maximum Gasteiger partial charge on any atom is 0.216 e. The van der Waals surface area contributed by atoms with E-state index in [-0.39, 0.29) is 12.0 Å². The van der Waals surface area contributed by atoms with Crippen LogP contribution in [-0.2, 0) is 16.0 Å². The van der Waals surface area contributed by atoms with Gasteiger partial charge >= 0.3 is 0 Å². The van der Waals surface area contributed by atoms with Crippen molar-refractivity contribution in [2.75, 3.05) is 13.2 Å². The maximum absolute atomic E-state index is 10.8. The van der Waals surface area contributed by atoms with E-state index in [1.807, 2.05) is 12.1 Å². The zero-order valence-corrected chi connectivity index (χ0v) is 8.82. The lowest BCUT2D eigenvalue weighted by Crippen LogP contribution is -2.30. The first-order valence-electron chi connectivity index (χ1n) is 5.21. The molecular formula is C12H15NO2. The van der Waals surface area contributed by atoms with Crippen LogP contribution in [0.25, 0.3) is 0 Å². The van der Waals surface area contributed by atoms with Gasteiger partial charge in [-0.15, -0.1) is 0 Å². The van der Waals surface area contributed by atoms with Crippen LogP contribution in [0.15, 0.2) is 24.3 Å². The molecule has 0 fully saturated rings. The Kier molecular flexibility index (Phi) is 3.02. The minimum atomic E-state index is -0.0124. The number of benzene rings is 1. The van der Waals surface area contributed by atoms with Crippen LogP contribution >= 0.6 is 0 Å². The average molecular weight is 205 g/mol. The summed E-state index contributed by atoms with van der Waals surface area (Å²) in [7, 11) is 0. The highest BCUT2D eigenvalue weighted by molar-refractivity contribution is 5.72. The number of carbonyl (C=O) groups is 1. The van der Waals surface area contributed by atoms with Crippen LogP contribution in [0.4, 0.5) is 0 Å². The predicted molar refractivity (Wildman–Crippen MR) is 57.5 cm³/mol. The Balaban J connectivity index is 2.11. The minimum absolute atomic E-state index is 0.0124. The third-order valence-electron chi connectivity index (χ3n) is 2.63. The molecule has 1 atom stereocenters. The molecular weight excluding hydrogens is 190 g/mol. The summed E-state index contributed by atoms with van der Waals surface area (Å²) in [6.07, 6.45) is 0.978. The van der Waals surface area contributed by atoms with Gasteiger partial charge < -0.3 is 10.1 Å². The number of rotatable bonds is 2. The quantitative estimate of drug-likeness (QED) is 0.793. The SMILES string of the molecule is CC(=O)NC[C@H]1OCCc2ccccc21. The van der Waals surface area contributed by atoms with Crippen molar-refractivity contribution in [3.63, 3.8) is 0 Å². The molecule has 0 aromatic heterocycles. The third kappa shape index (κ3) is 2.36. The Bertz CT molecular complexity index is 362. The molecule has 15 heavy (non-hydrogen) atoms. The standard InChI is InChI=1S/C12H15NO2/c1-9(14)13-8-12-11-5-3-2-4-10(11)6-7-15-12/h2-5,12H,6-8H2,1H3,(H,13,14)/t12-/m1/s1. The van der Waals surface area contributed by atoms with Gasteiger partial charge in [0.15, 0.2) is 0 Å². The van der Waals surface area contributed by atoms with Gasteiger partial charge in [-0.25, -0.2) is 0 Å². The first-order valence-corrected chi connectivity index (χ1v) is 5.21. The Hall–Kier alpha value is -1.35. The van der Waals surface area contributed by atoms with E-state index < -0.39 is 0 Å².